The van der Waals surface area contributed by atoms with Gasteiger partial charge in [-0.1, -0.05) is 41.6 Å². The van der Waals surface area contributed by atoms with Crippen molar-refractivity contribution < 1.29 is 9.53 Å². The van der Waals surface area contributed by atoms with Gasteiger partial charge in [0.2, 0.25) is 5.91 Å². The Morgan fingerprint density at radius 3 is 2.61 bits per heavy atom. The molecule has 0 unspecified atom stereocenters. The van der Waals surface area contributed by atoms with E-state index in [-0.39, 0.29) is 18.1 Å². The molecule has 1 amide bonds. The van der Waals surface area contributed by atoms with Crippen molar-refractivity contribution >= 4 is 29.3 Å². The lowest BCUT2D eigenvalue weighted by atomic mass is 10.2. The van der Waals surface area contributed by atoms with Crippen molar-refractivity contribution in [2.75, 3.05) is 12.4 Å². The molecule has 4 rings (SSSR count). The maximum atomic E-state index is 12.5. The van der Waals surface area contributed by atoms with E-state index in [1.807, 2.05) is 49.4 Å². The molecular formula is C24H23ClN6O4S. The number of H-pyrrole nitrogens is 2. The molecule has 0 radical (unpaired) electrons. The lowest BCUT2D eigenvalue weighted by Gasteiger charge is -2.12. The molecule has 0 aliphatic carbocycles. The first-order chi connectivity index (χ1) is 17.4. The van der Waals surface area contributed by atoms with Crippen LogP contribution in [0.3, 0.4) is 0 Å². The summed E-state index contributed by atoms with van der Waals surface area (Å²) < 4.78 is 7.30. The molecule has 3 N–H and O–H groups in total. The molecule has 0 aliphatic heterocycles. The molecule has 4 aromatic rings. The van der Waals surface area contributed by atoms with Gasteiger partial charge in [0.05, 0.1) is 12.4 Å². The van der Waals surface area contributed by atoms with Crippen molar-refractivity contribution in [2.24, 2.45) is 0 Å². The Balaban J connectivity index is 1.55. The van der Waals surface area contributed by atoms with E-state index in [1.165, 1.54) is 17.8 Å². The zero-order chi connectivity index (χ0) is 25.5. The molecule has 2 heterocycles. The monoisotopic (exact) mass is 526 g/mol. The van der Waals surface area contributed by atoms with Gasteiger partial charge in [0, 0.05) is 35.4 Å². The first kappa shape index (κ1) is 25.3. The summed E-state index contributed by atoms with van der Waals surface area (Å²) in [6.07, 6.45) is 0.151. The maximum absolute atomic E-state index is 12.5. The molecule has 2 aromatic heterocycles. The number of thioether (sulfide) groups is 1. The highest BCUT2D eigenvalue weighted by Crippen LogP contribution is 2.25. The predicted molar refractivity (Wildman–Crippen MR) is 137 cm³/mol. The summed E-state index contributed by atoms with van der Waals surface area (Å²) in [5.74, 6) is 1.10. The molecular weight excluding hydrogens is 504 g/mol. The molecule has 0 fully saturated rings. The third-order valence-electron chi connectivity index (χ3n) is 5.04. The number of aromatic amines is 2. The van der Waals surface area contributed by atoms with Gasteiger partial charge in [0.15, 0.2) is 5.16 Å². The van der Waals surface area contributed by atoms with Gasteiger partial charge in [-0.2, -0.15) is 0 Å². The van der Waals surface area contributed by atoms with Crippen LogP contribution in [0, 0.1) is 0 Å². The van der Waals surface area contributed by atoms with Crippen LogP contribution in [-0.4, -0.2) is 43.0 Å². The molecule has 0 saturated heterocycles. The summed E-state index contributed by atoms with van der Waals surface area (Å²) in [6, 6.07) is 15.9. The van der Waals surface area contributed by atoms with Gasteiger partial charge < -0.3 is 15.0 Å². The van der Waals surface area contributed by atoms with Crippen molar-refractivity contribution in [3.8, 4) is 11.4 Å². The number of carbonyl (C=O) groups is 1. The number of carbonyl (C=O) groups excluding carboxylic acids is 1. The normalized spacial score (nSPS) is 10.8. The highest BCUT2D eigenvalue weighted by atomic mass is 35.5. The number of hydrogen-bond acceptors (Lipinski definition) is 7. The van der Waals surface area contributed by atoms with Crippen molar-refractivity contribution in [3.05, 3.63) is 97.5 Å². The van der Waals surface area contributed by atoms with E-state index in [0.717, 1.165) is 11.3 Å². The van der Waals surface area contributed by atoms with Crippen LogP contribution in [0.4, 0.5) is 0 Å². The molecule has 36 heavy (non-hydrogen) atoms. The minimum absolute atomic E-state index is 0.0987. The zero-order valence-electron chi connectivity index (χ0n) is 19.3. The van der Waals surface area contributed by atoms with E-state index in [9.17, 15) is 14.4 Å². The first-order valence-corrected chi connectivity index (χ1v) is 12.4. The lowest BCUT2D eigenvalue weighted by Crippen LogP contribution is -2.25. The number of halogens is 1. The zero-order valence-corrected chi connectivity index (χ0v) is 20.9. The number of rotatable bonds is 10. The SMILES string of the molecule is CCOc1ccc(-n2c(Cc3cc(=O)[nH]c(=O)[nH]3)nnc2SCC(=O)NCc2ccccc2Cl)cc1. The van der Waals surface area contributed by atoms with Crippen LogP contribution in [0.2, 0.25) is 5.02 Å². The average Bonchev–Trinajstić information content (AvgIpc) is 3.24. The van der Waals surface area contributed by atoms with Crippen molar-refractivity contribution in [2.45, 2.75) is 25.0 Å². The Hall–Kier alpha value is -3.83. The molecule has 186 valence electrons. The van der Waals surface area contributed by atoms with E-state index >= 15 is 0 Å². The second-order valence-electron chi connectivity index (χ2n) is 7.61. The van der Waals surface area contributed by atoms with Gasteiger partial charge in [0.1, 0.15) is 11.6 Å². The number of amides is 1. The molecule has 10 nitrogen and oxygen atoms in total. The van der Waals surface area contributed by atoms with E-state index < -0.39 is 11.2 Å². The largest absolute Gasteiger partial charge is 0.494 e. The Morgan fingerprint density at radius 1 is 1.11 bits per heavy atom. The Morgan fingerprint density at radius 2 is 1.89 bits per heavy atom. The third-order valence-corrected chi connectivity index (χ3v) is 6.33. The second-order valence-corrected chi connectivity index (χ2v) is 8.96. The summed E-state index contributed by atoms with van der Waals surface area (Å²) in [7, 11) is 0. The van der Waals surface area contributed by atoms with Crippen LogP contribution in [0.1, 0.15) is 24.0 Å². The molecule has 2 aromatic carbocycles. The molecule has 12 heteroatoms. The standard InChI is InChI=1S/C24H23ClN6O4S/c1-2-35-18-9-7-17(8-10-18)31-20(11-16-12-21(32)28-23(34)27-16)29-30-24(31)36-14-22(33)26-13-15-5-3-4-6-19(15)25/h3-10,12H,2,11,13-14H2,1H3,(H,26,33)(H2,27,28,32,34). The number of hydrogen-bond donors (Lipinski definition) is 3. The summed E-state index contributed by atoms with van der Waals surface area (Å²) in [6.45, 7) is 2.75. The van der Waals surface area contributed by atoms with Crippen LogP contribution >= 0.6 is 23.4 Å². The van der Waals surface area contributed by atoms with Gasteiger partial charge in [-0.05, 0) is 42.8 Å². The second kappa shape index (κ2) is 11.7. The van der Waals surface area contributed by atoms with Crippen LogP contribution in [0.15, 0.2) is 69.3 Å². The van der Waals surface area contributed by atoms with E-state index in [2.05, 4.69) is 25.5 Å². The Labute approximate surface area is 215 Å². The number of nitrogens with zero attached hydrogens (tertiary/aromatic N) is 3. The fourth-order valence-electron chi connectivity index (χ4n) is 3.43. The molecule has 0 spiro atoms. The topological polar surface area (TPSA) is 135 Å². The number of aromatic nitrogens is 5. The van der Waals surface area contributed by atoms with E-state index in [1.54, 1.807) is 10.6 Å². The van der Waals surface area contributed by atoms with Crippen molar-refractivity contribution in [3.63, 3.8) is 0 Å². The van der Waals surface area contributed by atoms with Crippen molar-refractivity contribution in [1.82, 2.24) is 30.0 Å². The van der Waals surface area contributed by atoms with Gasteiger partial charge in [-0.3, -0.25) is 19.1 Å². The Kier molecular flexibility index (Phi) is 8.24. The fraction of sp³-hybridized carbons (Fsp3) is 0.208. The van der Waals surface area contributed by atoms with Crippen molar-refractivity contribution in [1.29, 1.82) is 0 Å². The quantitative estimate of drug-likeness (QED) is 0.270. The lowest BCUT2D eigenvalue weighted by molar-refractivity contribution is -0.118. The van der Waals surface area contributed by atoms with Gasteiger partial charge in [0.25, 0.3) is 5.56 Å². The van der Waals surface area contributed by atoms with Gasteiger partial charge in [-0.15, -0.1) is 10.2 Å². The Bertz CT molecular complexity index is 1440. The summed E-state index contributed by atoms with van der Waals surface area (Å²) in [5, 5.41) is 12.4. The highest BCUT2D eigenvalue weighted by molar-refractivity contribution is 7.99. The van der Waals surface area contributed by atoms with Crippen LogP contribution in [0.25, 0.3) is 5.69 Å². The summed E-state index contributed by atoms with van der Waals surface area (Å²) >= 11 is 7.37. The molecule has 0 saturated carbocycles. The maximum Gasteiger partial charge on any atom is 0.325 e. The average molecular weight is 527 g/mol. The minimum Gasteiger partial charge on any atom is -0.494 e. The molecule has 0 atom stereocenters. The summed E-state index contributed by atoms with van der Waals surface area (Å²) in [4.78, 5) is 40.7. The first-order valence-electron chi connectivity index (χ1n) is 11.1. The van der Waals surface area contributed by atoms with E-state index in [0.29, 0.717) is 40.6 Å². The fourth-order valence-corrected chi connectivity index (χ4v) is 4.43. The minimum atomic E-state index is -0.602. The third kappa shape index (κ3) is 6.43. The van der Waals surface area contributed by atoms with Crippen LogP contribution < -0.4 is 21.3 Å². The summed E-state index contributed by atoms with van der Waals surface area (Å²) in [5.41, 5.74) is 0.839. The molecule has 0 aliphatic rings. The van der Waals surface area contributed by atoms with E-state index in [4.69, 9.17) is 16.3 Å². The number of nitrogens with one attached hydrogen (secondary N) is 3. The number of ether oxygens (including phenoxy) is 1. The van der Waals surface area contributed by atoms with Gasteiger partial charge in [-0.25, -0.2) is 4.79 Å². The van der Waals surface area contributed by atoms with Gasteiger partial charge >= 0.3 is 5.69 Å². The predicted octanol–water partition coefficient (Wildman–Crippen LogP) is 2.70. The number of benzene rings is 2. The smallest absolute Gasteiger partial charge is 0.325 e. The molecule has 0 bridgehead atoms. The van der Waals surface area contributed by atoms with Crippen LogP contribution in [0.5, 0.6) is 5.75 Å². The van der Waals surface area contributed by atoms with Crippen LogP contribution in [-0.2, 0) is 17.8 Å². The highest BCUT2D eigenvalue weighted by Gasteiger charge is 2.17.